The number of nitrogens with one attached hydrogen (secondary N) is 3. The van der Waals surface area contributed by atoms with Crippen molar-refractivity contribution in [2.45, 2.75) is 6.42 Å². The Morgan fingerprint density at radius 2 is 1.80 bits per heavy atom. The Bertz CT molecular complexity index is 1640. The first-order valence-corrected chi connectivity index (χ1v) is 10.7. The molecule has 4 N–H and O–H groups in total. The van der Waals surface area contributed by atoms with Crippen molar-refractivity contribution in [1.82, 2.24) is 20.2 Å². The van der Waals surface area contributed by atoms with E-state index in [4.69, 9.17) is 14.6 Å². The van der Waals surface area contributed by atoms with Gasteiger partial charge in [0.2, 0.25) is 5.95 Å². The highest BCUT2D eigenvalue weighted by Gasteiger charge is 2.17. The number of aromatic nitrogens is 4. The zero-order chi connectivity index (χ0) is 24.5. The first-order chi connectivity index (χ1) is 17.0. The van der Waals surface area contributed by atoms with Crippen LogP contribution in [-0.2, 0) is 6.42 Å². The fourth-order valence-corrected chi connectivity index (χ4v) is 4.15. The number of methoxy groups -OCH3 is 2. The molecule has 1 amide bonds. The highest BCUT2D eigenvalue weighted by molar-refractivity contribution is 5.88. The van der Waals surface area contributed by atoms with E-state index in [2.05, 4.69) is 25.5 Å². The first kappa shape index (κ1) is 22.0. The molecule has 35 heavy (non-hydrogen) atoms. The minimum atomic E-state index is -1.20. The number of rotatable bonds is 6. The van der Waals surface area contributed by atoms with E-state index in [0.29, 0.717) is 40.0 Å². The van der Waals surface area contributed by atoms with Crippen molar-refractivity contribution in [2.24, 2.45) is 0 Å². The van der Waals surface area contributed by atoms with Crippen molar-refractivity contribution in [1.29, 1.82) is 0 Å². The van der Waals surface area contributed by atoms with Crippen LogP contribution in [0, 0.1) is 0 Å². The molecule has 0 radical (unpaired) electrons. The molecule has 0 spiro atoms. The minimum Gasteiger partial charge on any atom is -0.496 e. The molecule has 5 aromatic rings. The number of benzene rings is 3. The third-order valence-electron chi connectivity index (χ3n) is 5.75. The number of imidazole rings is 1. The molecule has 5 rings (SSSR count). The maximum absolute atomic E-state index is 12.2. The van der Waals surface area contributed by atoms with E-state index in [0.717, 1.165) is 22.1 Å². The summed E-state index contributed by atoms with van der Waals surface area (Å²) < 4.78 is 11.3. The monoisotopic (exact) mass is 471 g/mol. The van der Waals surface area contributed by atoms with Gasteiger partial charge in [-0.15, -0.1) is 0 Å². The molecule has 2 heterocycles. The predicted octanol–water partition coefficient (Wildman–Crippen LogP) is 4.16. The van der Waals surface area contributed by atoms with Crippen molar-refractivity contribution in [3.8, 4) is 22.6 Å². The van der Waals surface area contributed by atoms with Crippen LogP contribution in [0.3, 0.4) is 0 Å². The van der Waals surface area contributed by atoms with Crippen LogP contribution in [0.25, 0.3) is 32.9 Å². The molecule has 0 aliphatic rings. The molecule has 176 valence electrons. The van der Waals surface area contributed by atoms with Crippen molar-refractivity contribution in [3.05, 3.63) is 76.2 Å². The molecule has 0 bridgehead atoms. The summed E-state index contributed by atoms with van der Waals surface area (Å²) in [6, 6.07) is 16.7. The molecular formula is C25H21N5O5. The van der Waals surface area contributed by atoms with Crippen molar-refractivity contribution < 1.29 is 19.4 Å². The van der Waals surface area contributed by atoms with E-state index >= 15 is 0 Å². The van der Waals surface area contributed by atoms with Gasteiger partial charge in [0.05, 0.1) is 36.3 Å². The second-order valence-corrected chi connectivity index (χ2v) is 7.83. The number of carbonyl (C=O) groups is 1. The van der Waals surface area contributed by atoms with Gasteiger partial charge in [-0.2, -0.15) is 5.10 Å². The van der Waals surface area contributed by atoms with Crippen LogP contribution in [0.2, 0.25) is 0 Å². The van der Waals surface area contributed by atoms with Gasteiger partial charge in [0.15, 0.2) is 0 Å². The standard InChI is InChI=1S/C25H21N5O5/c1-34-21-12-22(35-2)17(13-7-8-18-20(10-13)27-24(26-18)28-25(32)33)9-14(21)11-19-15-5-3-4-6-16(15)23(31)30-29-19/h3-10,12H,11H2,1-2H3,(H,30,31)(H,32,33)(H2,26,27,28). The molecule has 0 aliphatic carbocycles. The molecule has 0 atom stereocenters. The third kappa shape index (κ3) is 4.12. The SMILES string of the molecule is COc1cc(OC)c(-c2ccc3[nH]c(NC(=O)O)nc3c2)cc1Cc1n[nH]c(=O)c2ccccc12. The van der Waals surface area contributed by atoms with Gasteiger partial charge in [-0.05, 0) is 29.8 Å². The lowest BCUT2D eigenvalue weighted by atomic mass is 9.97. The van der Waals surface area contributed by atoms with Gasteiger partial charge in [-0.25, -0.2) is 14.9 Å². The van der Waals surface area contributed by atoms with Crippen LogP contribution >= 0.6 is 0 Å². The summed E-state index contributed by atoms with van der Waals surface area (Å²) in [5.74, 6) is 1.36. The van der Waals surface area contributed by atoms with Gasteiger partial charge < -0.3 is 19.6 Å². The van der Waals surface area contributed by atoms with Gasteiger partial charge >= 0.3 is 6.09 Å². The fourth-order valence-electron chi connectivity index (χ4n) is 4.15. The normalized spacial score (nSPS) is 11.0. The summed E-state index contributed by atoms with van der Waals surface area (Å²) in [6.45, 7) is 0. The molecule has 0 fully saturated rings. The molecule has 3 aromatic carbocycles. The van der Waals surface area contributed by atoms with E-state index in [1.165, 1.54) is 0 Å². The maximum Gasteiger partial charge on any atom is 0.411 e. The van der Waals surface area contributed by atoms with Crippen molar-refractivity contribution >= 4 is 33.8 Å². The van der Waals surface area contributed by atoms with E-state index < -0.39 is 6.09 Å². The Hall–Kier alpha value is -4.86. The summed E-state index contributed by atoms with van der Waals surface area (Å²) in [6.07, 6.45) is -0.788. The number of H-pyrrole nitrogens is 2. The molecule has 0 saturated heterocycles. The Balaban J connectivity index is 1.61. The largest absolute Gasteiger partial charge is 0.496 e. The van der Waals surface area contributed by atoms with Crippen LogP contribution in [-0.4, -0.2) is 45.6 Å². The second kappa shape index (κ2) is 8.82. The quantitative estimate of drug-likeness (QED) is 0.291. The number of ether oxygens (including phenoxy) is 2. The van der Waals surface area contributed by atoms with E-state index in [-0.39, 0.29) is 11.5 Å². The van der Waals surface area contributed by atoms with E-state index in [1.807, 2.05) is 48.5 Å². The zero-order valence-corrected chi connectivity index (χ0v) is 18.9. The van der Waals surface area contributed by atoms with Crippen LogP contribution in [0.4, 0.5) is 10.7 Å². The van der Waals surface area contributed by atoms with Crippen LogP contribution in [0.15, 0.2) is 59.4 Å². The maximum atomic E-state index is 12.2. The zero-order valence-electron chi connectivity index (χ0n) is 18.9. The lowest BCUT2D eigenvalue weighted by Gasteiger charge is -2.15. The number of nitrogens with zero attached hydrogens (tertiary/aromatic N) is 2. The fraction of sp³-hybridized carbons (Fsp3) is 0.120. The summed E-state index contributed by atoms with van der Waals surface area (Å²) in [5.41, 5.74) is 4.23. The average molecular weight is 471 g/mol. The van der Waals surface area contributed by atoms with Crippen LogP contribution < -0.4 is 20.3 Å². The predicted molar refractivity (Wildman–Crippen MR) is 131 cm³/mol. The molecule has 0 aliphatic heterocycles. The first-order valence-electron chi connectivity index (χ1n) is 10.7. The highest BCUT2D eigenvalue weighted by atomic mass is 16.5. The summed E-state index contributed by atoms with van der Waals surface area (Å²) in [7, 11) is 3.17. The Morgan fingerprint density at radius 1 is 1.03 bits per heavy atom. The van der Waals surface area contributed by atoms with Gasteiger partial charge in [0.1, 0.15) is 11.5 Å². The number of anilines is 1. The Labute approximate surface area is 198 Å². The van der Waals surface area contributed by atoms with Crippen LogP contribution in [0.1, 0.15) is 11.3 Å². The smallest absolute Gasteiger partial charge is 0.411 e. The molecule has 0 unspecified atom stereocenters. The second-order valence-electron chi connectivity index (χ2n) is 7.83. The summed E-state index contributed by atoms with van der Waals surface area (Å²) in [4.78, 5) is 30.4. The van der Waals surface area contributed by atoms with Gasteiger partial charge in [-0.3, -0.25) is 10.1 Å². The number of hydrogen-bond donors (Lipinski definition) is 4. The van der Waals surface area contributed by atoms with Gasteiger partial charge in [0.25, 0.3) is 5.56 Å². The molecule has 10 heteroatoms. The van der Waals surface area contributed by atoms with Gasteiger partial charge in [-0.1, -0.05) is 24.3 Å². The topological polar surface area (TPSA) is 142 Å². The number of fused-ring (bicyclic) bond motifs is 2. The van der Waals surface area contributed by atoms with E-state index in [1.54, 1.807) is 20.3 Å². The van der Waals surface area contributed by atoms with E-state index in [9.17, 15) is 9.59 Å². The summed E-state index contributed by atoms with van der Waals surface area (Å²) >= 11 is 0. The molecule has 10 nitrogen and oxygen atoms in total. The number of hydrogen-bond acceptors (Lipinski definition) is 6. The molecule has 0 saturated carbocycles. The molecular weight excluding hydrogens is 450 g/mol. The highest BCUT2D eigenvalue weighted by Crippen LogP contribution is 2.38. The number of amides is 1. The minimum absolute atomic E-state index is 0.142. The Kier molecular flexibility index (Phi) is 5.54. The number of carboxylic acid groups (broad SMARTS) is 1. The molecule has 2 aromatic heterocycles. The Morgan fingerprint density at radius 3 is 2.54 bits per heavy atom. The third-order valence-corrected chi connectivity index (χ3v) is 5.75. The van der Waals surface area contributed by atoms with Crippen molar-refractivity contribution in [3.63, 3.8) is 0 Å². The lowest BCUT2D eigenvalue weighted by molar-refractivity contribution is 0.209. The summed E-state index contributed by atoms with van der Waals surface area (Å²) in [5, 5.41) is 19.4. The van der Waals surface area contributed by atoms with Gasteiger partial charge in [0, 0.05) is 29.0 Å². The average Bonchev–Trinajstić information content (AvgIpc) is 3.26. The lowest BCUT2D eigenvalue weighted by Crippen LogP contribution is -2.11. The van der Waals surface area contributed by atoms with Crippen molar-refractivity contribution in [2.75, 3.05) is 19.5 Å². The number of aromatic amines is 2. The van der Waals surface area contributed by atoms with Crippen LogP contribution in [0.5, 0.6) is 11.5 Å².